The van der Waals surface area contributed by atoms with Crippen molar-refractivity contribution in [2.75, 3.05) is 26.2 Å². The first-order valence-electron chi connectivity index (χ1n) is 8.51. The molecule has 128 valence electrons. The van der Waals surface area contributed by atoms with E-state index in [1.807, 2.05) is 30.3 Å². The summed E-state index contributed by atoms with van der Waals surface area (Å²) in [6, 6.07) is 9.77. The summed E-state index contributed by atoms with van der Waals surface area (Å²) in [6.45, 7) is 5.08. The van der Waals surface area contributed by atoms with Gasteiger partial charge in [0.1, 0.15) is 6.61 Å². The van der Waals surface area contributed by atoms with Gasteiger partial charge in [-0.2, -0.15) is 0 Å². The molecule has 0 spiro atoms. The molecule has 0 radical (unpaired) electrons. The molecular weight excluding hydrogens is 292 g/mol. The Morgan fingerprint density at radius 1 is 1.35 bits per heavy atom. The number of β-amino-alcohol motifs (C(OH)–C–C–N with tert-alkyl or cyclic N) is 1. The molecule has 5 nitrogen and oxygen atoms in total. The van der Waals surface area contributed by atoms with Gasteiger partial charge in [-0.05, 0) is 24.3 Å². The third-order valence-corrected chi connectivity index (χ3v) is 4.26. The Labute approximate surface area is 138 Å². The van der Waals surface area contributed by atoms with Crippen LogP contribution in [0.4, 0.5) is 4.79 Å². The van der Waals surface area contributed by atoms with Crippen molar-refractivity contribution in [3.05, 3.63) is 35.9 Å². The number of hydrogen-bond acceptors (Lipinski definition) is 4. The van der Waals surface area contributed by atoms with E-state index < -0.39 is 0 Å². The minimum absolute atomic E-state index is 0.0927. The molecule has 0 saturated carbocycles. The first-order chi connectivity index (χ1) is 11.2. The van der Waals surface area contributed by atoms with E-state index in [4.69, 9.17) is 9.84 Å². The quantitative estimate of drug-likeness (QED) is 0.810. The van der Waals surface area contributed by atoms with Gasteiger partial charge in [0.2, 0.25) is 0 Å². The van der Waals surface area contributed by atoms with E-state index in [9.17, 15) is 4.79 Å². The number of likely N-dealkylation sites (tertiary alicyclic amines) is 1. The number of nitrogens with zero attached hydrogens (tertiary/aromatic N) is 1. The van der Waals surface area contributed by atoms with Crippen LogP contribution in [0.25, 0.3) is 0 Å². The van der Waals surface area contributed by atoms with Crippen LogP contribution in [0, 0.1) is 5.92 Å². The number of rotatable bonds is 7. The van der Waals surface area contributed by atoms with Crippen LogP contribution in [0.5, 0.6) is 0 Å². The number of amides is 1. The molecule has 1 amide bonds. The molecule has 1 heterocycles. The van der Waals surface area contributed by atoms with Crippen molar-refractivity contribution in [2.45, 2.75) is 38.8 Å². The highest BCUT2D eigenvalue weighted by Crippen LogP contribution is 2.21. The number of hydrogen-bond donors (Lipinski definition) is 2. The molecule has 1 aromatic rings. The van der Waals surface area contributed by atoms with Crippen molar-refractivity contribution < 1.29 is 14.6 Å². The molecule has 2 rings (SSSR count). The van der Waals surface area contributed by atoms with E-state index in [1.54, 1.807) is 0 Å². The van der Waals surface area contributed by atoms with Crippen molar-refractivity contribution in [1.82, 2.24) is 10.2 Å². The predicted octanol–water partition coefficient (Wildman–Crippen LogP) is 2.40. The molecule has 0 bridgehead atoms. The largest absolute Gasteiger partial charge is 0.445 e. The molecule has 0 aliphatic carbocycles. The lowest BCUT2D eigenvalue weighted by Crippen LogP contribution is -2.51. The smallest absolute Gasteiger partial charge is 0.407 e. The summed E-state index contributed by atoms with van der Waals surface area (Å²) >= 11 is 0. The molecule has 2 atom stereocenters. The summed E-state index contributed by atoms with van der Waals surface area (Å²) in [5.41, 5.74) is 0.983. The number of aliphatic hydroxyl groups excluding tert-OH is 1. The highest BCUT2D eigenvalue weighted by Gasteiger charge is 2.27. The van der Waals surface area contributed by atoms with Crippen molar-refractivity contribution in [3.63, 3.8) is 0 Å². The molecule has 23 heavy (non-hydrogen) atoms. The number of nitrogens with one attached hydrogen (secondary N) is 1. The van der Waals surface area contributed by atoms with Crippen LogP contribution in [0.2, 0.25) is 0 Å². The van der Waals surface area contributed by atoms with Gasteiger partial charge in [-0.25, -0.2) is 4.79 Å². The van der Waals surface area contributed by atoms with E-state index in [0.717, 1.165) is 37.9 Å². The zero-order valence-electron chi connectivity index (χ0n) is 13.9. The van der Waals surface area contributed by atoms with Crippen LogP contribution < -0.4 is 5.32 Å². The summed E-state index contributed by atoms with van der Waals surface area (Å²) in [6.07, 6.45) is 2.91. The predicted molar refractivity (Wildman–Crippen MR) is 90.1 cm³/mol. The second kappa shape index (κ2) is 9.53. The van der Waals surface area contributed by atoms with Gasteiger partial charge in [0.05, 0.1) is 6.61 Å². The monoisotopic (exact) mass is 320 g/mol. The van der Waals surface area contributed by atoms with Crippen LogP contribution in [0.15, 0.2) is 30.3 Å². The second-order valence-electron chi connectivity index (χ2n) is 6.28. The average molecular weight is 320 g/mol. The molecule has 2 N–H and O–H groups in total. The van der Waals surface area contributed by atoms with Crippen molar-refractivity contribution in [3.8, 4) is 0 Å². The molecule has 1 aromatic carbocycles. The summed E-state index contributed by atoms with van der Waals surface area (Å²) in [5.74, 6) is 0.569. The molecule has 1 fully saturated rings. The number of carbonyl (C=O) groups is 1. The van der Waals surface area contributed by atoms with Crippen LogP contribution >= 0.6 is 0 Å². The van der Waals surface area contributed by atoms with Crippen molar-refractivity contribution >= 4 is 6.09 Å². The van der Waals surface area contributed by atoms with E-state index in [1.165, 1.54) is 0 Å². The fraction of sp³-hybridized carbons (Fsp3) is 0.611. The van der Waals surface area contributed by atoms with Gasteiger partial charge in [-0.1, -0.05) is 43.7 Å². The molecule has 1 saturated heterocycles. The van der Waals surface area contributed by atoms with E-state index in [-0.39, 0.29) is 25.3 Å². The maximum atomic E-state index is 12.0. The molecular formula is C18H28N2O3. The molecule has 1 aliphatic rings. The first-order valence-corrected chi connectivity index (χ1v) is 8.51. The Morgan fingerprint density at radius 3 is 2.83 bits per heavy atom. The number of ether oxygens (including phenoxy) is 1. The number of aliphatic hydroxyl groups is 1. The van der Waals surface area contributed by atoms with Crippen LogP contribution in [0.3, 0.4) is 0 Å². The maximum absolute atomic E-state index is 12.0. The molecule has 0 aromatic heterocycles. The Hall–Kier alpha value is -1.59. The highest BCUT2D eigenvalue weighted by molar-refractivity contribution is 5.67. The minimum Gasteiger partial charge on any atom is -0.445 e. The Balaban J connectivity index is 1.80. The zero-order valence-corrected chi connectivity index (χ0v) is 13.9. The van der Waals surface area contributed by atoms with Crippen LogP contribution in [-0.4, -0.2) is 48.4 Å². The fourth-order valence-corrected chi connectivity index (χ4v) is 3.28. The number of benzene rings is 1. The van der Waals surface area contributed by atoms with Gasteiger partial charge in [-0.15, -0.1) is 0 Å². The highest BCUT2D eigenvalue weighted by atomic mass is 16.5. The third kappa shape index (κ3) is 6.20. The van der Waals surface area contributed by atoms with Gasteiger partial charge in [-0.3, -0.25) is 4.90 Å². The van der Waals surface area contributed by atoms with Gasteiger partial charge < -0.3 is 15.2 Å². The average Bonchev–Trinajstić information content (AvgIpc) is 2.54. The maximum Gasteiger partial charge on any atom is 0.407 e. The Morgan fingerprint density at radius 2 is 2.13 bits per heavy atom. The zero-order chi connectivity index (χ0) is 16.5. The number of carbonyl (C=O) groups excluding carboxylic acids is 1. The van der Waals surface area contributed by atoms with Crippen LogP contribution in [0.1, 0.15) is 31.7 Å². The van der Waals surface area contributed by atoms with E-state index in [0.29, 0.717) is 12.5 Å². The number of piperidine rings is 1. The first kappa shape index (κ1) is 17.8. The minimum atomic E-state index is -0.361. The molecule has 2 unspecified atom stereocenters. The van der Waals surface area contributed by atoms with E-state index in [2.05, 4.69) is 17.1 Å². The van der Waals surface area contributed by atoms with Crippen molar-refractivity contribution in [2.24, 2.45) is 5.92 Å². The summed E-state index contributed by atoms with van der Waals surface area (Å²) in [5, 5.41) is 12.1. The van der Waals surface area contributed by atoms with Crippen LogP contribution in [-0.2, 0) is 11.3 Å². The lowest BCUT2D eigenvalue weighted by atomic mass is 9.90. The standard InChI is InChI=1S/C18H28N2O3/c1-2-6-16-11-17(13-20(12-16)9-10-21)19-18(22)23-14-15-7-4-3-5-8-15/h3-5,7-8,16-17,21H,2,6,9-14H2,1H3,(H,19,22). The van der Waals surface area contributed by atoms with Gasteiger partial charge in [0.25, 0.3) is 0 Å². The normalized spacial score (nSPS) is 21.8. The topological polar surface area (TPSA) is 61.8 Å². The fourth-order valence-electron chi connectivity index (χ4n) is 3.28. The molecule has 5 heteroatoms. The summed E-state index contributed by atoms with van der Waals surface area (Å²) < 4.78 is 5.30. The number of alkyl carbamates (subject to hydrolysis) is 1. The SMILES string of the molecule is CCCC1CC(NC(=O)OCc2ccccc2)CN(CCO)C1. The third-order valence-electron chi connectivity index (χ3n) is 4.26. The Bertz CT molecular complexity index is 453. The van der Waals surface area contributed by atoms with Gasteiger partial charge >= 0.3 is 6.09 Å². The van der Waals surface area contributed by atoms with Gasteiger partial charge in [0, 0.05) is 25.7 Å². The summed E-state index contributed by atoms with van der Waals surface area (Å²) in [7, 11) is 0. The summed E-state index contributed by atoms with van der Waals surface area (Å²) in [4.78, 5) is 14.2. The Kier molecular flexibility index (Phi) is 7.36. The lowest BCUT2D eigenvalue weighted by Gasteiger charge is -2.37. The molecule has 1 aliphatic heterocycles. The second-order valence-corrected chi connectivity index (χ2v) is 6.28. The van der Waals surface area contributed by atoms with Gasteiger partial charge in [0.15, 0.2) is 0 Å². The van der Waals surface area contributed by atoms with Crippen molar-refractivity contribution in [1.29, 1.82) is 0 Å². The lowest BCUT2D eigenvalue weighted by molar-refractivity contribution is 0.0973. The van der Waals surface area contributed by atoms with E-state index >= 15 is 0 Å².